The van der Waals surface area contributed by atoms with Crippen LogP contribution in [0.5, 0.6) is 0 Å². The van der Waals surface area contributed by atoms with Crippen molar-refractivity contribution < 1.29 is 4.42 Å². The molecule has 0 aromatic carbocycles. The third kappa shape index (κ3) is 3.76. The van der Waals surface area contributed by atoms with Crippen LogP contribution >= 0.6 is 61.5 Å². The van der Waals surface area contributed by atoms with Crippen LogP contribution in [-0.2, 0) is 0 Å². The van der Waals surface area contributed by atoms with E-state index in [1.54, 1.807) is 11.3 Å². The van der Waals surface area contributed by atoms with Gasteiger partial charge in [0.25, 0.3) is 0 Å². The molecule has 2 heterocycles. The Morgan fingerprint density at radius 2 is 2.00 bits per heavy atom. The molecule has 1 saturated heterocycles. The van der Waals surface area contributed by atoms with Gasteiger partial charge in [0.15, 0.2) is 8.64 Å². The number of anilines is 1. The van der Waals surface area contributed by atoms with Gasteiger partial charge in [0, 0.05) is 24.6 Å². The van der Waals surface area contributed by atoms with E-state index in [2.05, 4.69) is 35.3 Å². The third-order valence-corrected chi connectivity index (χ3v) is 4.04. The summed E-state index contributed by atoms with van der Waals surface area (Å²) in [5, 5.41) is 5.27. The van der Waals surface area contributed by atoms with E-state index in [0.717, 1.165) is 24.6 Å². The topological polar surface area (TPSA) is 35.8 Å². The SMILES string of the molecule is S=C(S)N(c1ncco1)N(C(=S)S)N1CCSCC1. The van der Waals surface area contributed by atoms with E-state index in [0.29, 0.717) is 10.3 Å². The minimum Gasteiger partial charge on any atom is -0.431 e. The molecule has 1 aliphatic heterocycles. The van der Waals surface area contributed by atoms with Crippen LogP contribution < -0.4 is 5.01 Å². The zero-order valence-electron chi connectivity index (χ0n) is 9.80. The lowest BCUT2D eigenvalue weighted by Crippen LogP contribution is -2.58. The van der Waals surface area contributed by atoms with Crippen molar-refractivity contribution in [2.24, 2.45) is 0 Å². The maximum Gasteiger partial charge on any atom is 0.324 e. The van der Waals surface area contributed by atoms with Crippen LogP contribution in [0.4, 0.5) is 6.01 Å². The van der Waals surface area contributed by atoms with Gasteiger partial charge in [-0.05, 0) is 12.2 Å². The van der Waals surface area contributed by atoms with Crippen LogP contribution in [0.2, 0.25) is 0 Å². The Bertz CT molecular complexity index is 447. The predicted molar refractivity (Wildman–Crippen MR) is 92.9 cm³/mol. The second-order valence-corrected chi connectivity index (χ2v) is 7.00. The number of hydrazine groups is 2. The van der Waals surface area contributed by atoms with Gasteiger partial charge in [0.2, 0.25) is 0 Å². The number of hydrogen-bond donors (Lipinski definition) is 2. The highest BCUT2D eigenvalue weighted by molar-refractivity contribution is 8.12. The first-order valence-electron chi connectivity index (χ1n) is 5.39. The van der Waals surface area contributed by atoms with Gasteiger partial charge < -0.3 is 4.42 Å². The number of hydrogen-bond acceptors (Lipinski definition) is 6. The first kappa shape index (κ1) is 15.4. The van der Waals surface area contributed by atoms with E-state index in [1.165, 1.54) is 11.3 Å². The lowest BCUT2D eigenvalue weighted by molar-refractivity contribution is 0.0629. The molecule has 0 radical (unpaired) electrons. The number of nitrogens with zero attached hydrogens (tertiary/aromatic N) is 4. The van der Waals surface area contributed by atoms with Crippen molar-refractivity contribution in [2.45, 2.75) is 0 Å². The summed E-state index contributed by atoms with van der Waals surface area (Å²) in [6.07, 6.45) is 3.01. The minimum atomic E-state index is 0.289. The molecule has 1 aliphatic rings. The maximum absolute atomic E-state index is 5.29. The van der Waals surface area contributed by atoms with Crippen LogP contribution in [0.15, 0.2) is 16.9 Å². The van der Waals surface area contributed by atoms with Gasteiger partial charge in [-0.2, -0.15) is 26.9 Å². The average Bonchev–Trinajstić information content (AvgIpc) is 2.89. The smallest absolute Gasteiger partial charge is 0.324 e. The molecule has 1 aromatic heterocycles. The molecule has 2 rings (SSSR count). The van der Waals surface area contributed by atoms with Crippen LogP contribution in [-0.4, -0.2) is 48.3 Å². The summed E-state index contributed by atoms with van der Waals surface area (Å²) >= 11 is 20.8. The summed E-state index contributed by atoms with van der Waals surface area (Å²) in [5.41, 5.74) is 0. The first-order chi connectivity index (χ1) is 9.11. The fourth-order valence-corrected chi connectivity index (χ4v) is 3.26. The van der Waals surface area contributed by atoms with Crippen molar-refractivity contribution in [1.82, 2.24) is 15.1 Å². The summed E-state index contributed by atoms with van der Waals surface area (Å²) in [7, 11) is 0. The third-order valence-electron chi connectivity index (χ3n) is 2.40. The summed E-state index contributed by atoms with van der Waals surface area (Å²) in [6, 6.07) is 0.314. The molecule has 0 amide bonds. The Balaban J connectivity index is 2.29. The fraction of sp³-hybridized carbons (Fsp3) is 0.444. The van der Waals surface area contributed by atoms with Crippen LogP contribution in [0.25, 0.3) is 0 Å². The van der Waals surface area contributed by atoms with Crippen molar-refractivity contribution in [3.05, 3.63) is 12.5 Å². The normalized spacial score (nSPS) is 16.1. The van der Waals surface area contributed by atoms with Gasteiger partial charge >= 0.3 is 6.01 Å². The van der Waals surface area contributed by atoms with Crippen LogP contribution in [0.1, 0.15) is 0 Å². The van der Waals surface area contributed by atoms with Crippen molar-refractivity contribution in [3.8, 4) is 0 Å². The van der Waals surface area contributed by atoms with Crippen molar-refractivity contribution in [3.63, 3.8) is 0 Å². The molecule has 5 nitrogen and oxygen atoms in total. The number of thiocarbonyl (C=S) groups is 2. The molecular formula is C9H12N4OS5. The monoisotopic (exact) mass is 352 g/mol. The molecule has 0 unspecified atom stereocenters. The lowest BCUT2D eigenvalue weighted by Gasteiger charge is -2.41. The van der Waals surface area contributed by atoms with E-state index in [1.807, 2.05) is 11.8 Å². The molecule has 1 fully saturated rings. The Labute approximate surface area is 137 Å². The second kappa shape index (κ2) is 7.14. The molecular weight excluding hydrogens is 340 g/mol. The molecule has 10 heteroatoms. The van der Waals surface area contributed by atoms with E-state index in [4.69, 9.17) is 28.9 Å². The van der Waals surface area contributed by atoms with Gasteiger partial charge in [-0.1, -0.05) is 12.2 Å². The molecule has 0 N–H and O–H groups in total. The van der Waals surface area contributed by atoms with Gasteiger partial charge in [0.05, 0.1) is 6.20 Å². The molecule has 1 aromatic rings. The summed E-state index contributed by atoms with van der Waals surface area (Å²) in [6.45, 7) is 1.69. The zero-order valence-corrected chi connectivity index (χ0v) is 14.0. The van der Waals surface area contributed by atoms with E-state index >= 15 is 0 Å². The Morgan fingerprint density at radius 3 is 2.47 bits per heavy atom. The quantitative estimate of drug-likeness (QED) is 0.476. The molecule has 0 saturated carbocycles. The van der Waals surface area contributed by atoms with E-state index in [-0.39, 0.29) is 4.32 Å². The van der Waals surface area contributed by atoms with Crippen LogP contribution in [0, 0.1) is 0 Å². The van der Waals surface area contributed by atoms with Gasteiger partial charge in [-0.3, -0.25) is 0 Å². The first-order valence-corrected chi connectivity index (χ1v) is 8.26. The number of aromatic nitrogens is 1. The number of thiol groups is 2. The highest BCUT2D eigenvalue weighted by atomic mass is 32.2. The molecule has 104 valence electrons. The fourth-order valence-electron chi connectivity index (χ4n) is 1.64. The number of thioether (sulfide) groups is 1. The number of oxazole rings is 1. The zero-order chi connectivity index (χ0) is 13.8. The summed E-state index contributed by atoms with van der Waals surface area (Å²) in [5.74, 6) is 2.04. The highest BCUT2D eigenvalue weighted by Crippen LogP contribution is 2.22. The summed E-state index contributed by atoms with van der Waals surface area (Å²) < 4.78 is 5.94. The molecule has 0 spiro atoms. The summed E-state index contributed by atoms with van der Waals surface area (Å²) in [4.78, 5) is 4.09. The maximum atomic E-state index is 5.29. The van der Waals surface area contributed by atoms with E-state index < -0.39 is 0 Å². The predicted octanol–water partition coefficient (Wildman–Crippen LogP) is 2.09. The molecule has 0 bridgehead atoms. The Hall–Kier alpha value is -0.0000000000000000555. The van der Waals surface area contributed by atoms with Gasteiger partial charge in [-0.15, -0.1) is 25.3 Å². The van der Waals surface area contributed by atoms with Crippen molar-refractivity contribution in [2.75, 3.05) is 29.6 Å². The number of rotatable bonds is 2. The van der Waals surface area contributed by atoms with Crippen LogP contribution in [0.3, 0.4) is 0 Å². The molecule has 0 atom stereocenters. The minimum absolute atomic E-state index is 0.289. The second-order valence-electron chi connectivity index (χ2n) is 3.55. The Morgan fingerprint density at radius 1 is 1.32 bits per heavy atom. The van der Waals surface area contributed by atoms with Crippen molar-refractivity contribution >= 4 is 76.1 Å². The largest absolute Gasteiger partial charge is 0.431 e. The molecule has 19 heavy (non-hydrogen) atoms. The molecule has 0 aliphatic carbocycles. The standard InChI is InChI=1S/C9H12N4OS5/c15-8(16)12(7-10-1-4-14-7)13(9(17)18)11-2-5-19-6-3-11/h1,4H,2-3,5-6H2,(H,15,16)(H,17,18). The van der Waals surface area contributed by atoms with E-state index in [9.17, 15) is 0 Å². The van der Waals surface area contributed by atoms with Gasteiger partial charge in [-0.25, -0.2) is 4.98 Å². The lowest BCUT2D eigenvalue weighted by atomic mass is 10.6. The highest BCUT2D eigenvalue weighted by Gasteiger charge is 2.30. The van der Waals surface area contributed by atoms with Gasteiger partial charge in [0.1, 0.15) is 6.26 Å². The average molecular weight is 353 g/mol. The van der Waals surface area contributed by atoms with Crippen molar-refractivity contribution in [1.29, 1.82) is 0 Å². The Kier molecular flexibility index (Phi) is 5.78.